The minimum absolute atomic E-state index is 0. The molecule has 144 valence electrons. The van der Waals surface area contributed by atoms with Crippen molar-refractivity contribution in [1.29, 1.82) is 0 Å². The summed E-state index contributed by atoms with van der Waals surface area (Å²) in [5.74, 6) is 1.84. The van der Waals surface area contributed by atoms with Gasteiger partial charge in [-0.05, 0) is 67.3 Å². The number of nitrogens with one attached hydrogen (secondary N) is 2. The van der Waals surface area contributed by atoms with Gasteiger partial charge in [0, 0.05) is 19.5 Å². The van der Waals surface area contributed by atoms with Crippen LogP contribution in [0.25, 0.3) is 33.6 Å². The molecule has 0 bridgehead atoms. The van der Waals surface area contributed by atoms with Gasteiger partial charge in [0.25, 0.3) is 0 Å². The molecule has 28 heavy (non-hydrogen) atoms. The van der Waals surface area contributed by atoms with Gasteiger partial charge in [-0.2, -0.15) is 0 Å². The largest absolute Gasteiger partial charge is 0.488 e. The fourth-order valence-electron chi connectivity index (χ4n) is 4.04. The van der Waals surface area contributed by atoms with Gasteiger partial charge >= 0.3 is 0 Å². The summed E-state index contributed by atoms with van der Waals surface area (Å²) in [6, 6.07) is 8.74. The summed E-state index contributed by atoms with van der Waals surface area (Å²) in [5.41, 5.74) is 11.2. The van der Waals surface area contributed by atoms with E-state index >= 15 is 0 Å². The molecule has 0 amide bonds. The van der Waals surface area contributed by atoms with Gasteiger partial charge in [-0.25, -0.2) is 9.97 Å². The molecular formula is C22H25N4OP. The van der Waals surface area contributed by atoms with Gasteiger partial charge in [-0.3, -0.25) is 0 Å². The fraction of sp³-hybridized carbons (Fsp3) is 0.182. The number of aromatic amines is 2. The van der Waals surface area contributed by atoms with Crippen molar-refractivity contribution in [1.82, 2.24) is 19.9 Å². The summed E-state index contributed by atoms with van der Waals surface area (Å²) >= 11 is 0. The molecule has 0 spiro atoms. The van der Waals surface area contributed by atoms with Gasteiger partial charge in [0.05, 0.1) is 23.8 Å². The van der Waals surface area contributed by atoms with Crippen LogP contribution >= 0.6 is 9.24 Å². The molecule has 5 rings (SSSR count). The Labute approximate surface area is 168 Å². The van der Waals surface area contributed by atoms with E-state index in [1.807, 2.05) is 19.3 Å². The molecule has 0 radical (unpaired) electrons. The van der Waals surface area contributed by atoms with Crippen molar-refractivity contribution in [3.63, 3.8) is 0 Å². The molecule has 1 aliphatic rings. The van der Waals surface area contributed by atoms with E-state index in [-0.39, 0.29) is 2.85 Å². The predicted octanol–water partition coefficient (Wildman–Crippen LogP) is 4.94. The van der Waals surface area contributed by atoms with Crippen LogP contribution < -0.4 is 10.3 Å². The van der Waals surface area contributed by atoms with Crippen LogP contribution in [0, 0.1) is 20.8 Å². The Bertz CT molecular complexity index is 1140. The van der Waals surface area contributed by atoms with Gasteiger partial charge < -0.3 is 14.7 Å². The predicted molar refractivity (Wildman–Crippen MR) is 119 cm³/mol. The highest BCUT2D eigenvalue weighted by molar-refractivity contribution is 7.26. The van der Waals surface area contributed by atoms with Crippen molar-refractivity contribution >= 4 is 14.8 Å². The van der Waals surface area contributed by atoms with Crippen LogP contribution in [0.4, 0.5) is 0 Å². The molecule has 2 aromatic carbocycles. The molecule has 2 N–H and O–H groups in total. The summed E-state index contributed by atoms with van der Waals surface area (Å²) < 4.78 is 6.19. The Kier molecular flexibility index (Phi) is 3.88. The SMILES string of the molecule is Cc1ncc(-c2cc(C)c3c(c2)OCc2cc(-c4cnc(P)[nH]4)cc(C)c2-3)[nH]1.[HH].[HH]. The number of imidazole rings is 2. The fourth-order valence-corrected chi connectivity index (χ4v) is 4.27. The lowest BCUT2D eigenvalue weighted by Crippen LogP contribution is -2.09. The van der Waals surface area contributed by atoms with Crippen molar-refractivity contribution in [3.05, 3.63) is 59.2 Å². The summed E-state index contributed by atoms with van der Waals surface area (Å²) in [5, 5.41) is 0. The maximum Gasteiger partial charge on any atom is 0.128 e. The average molecular weight is 392 g/mol. The van der Waals surface area contributed by atoms with Crippen LogP contribution in [-0.4, -0.2) is 19.9 Å². The van der Waals surface area contributed by atoms with Crippen LogP contribution in [-0.2, 0) is 6.61 Å². The Hall–Kier alpha value is -2.91. The highest BCUT2D eigenvalue weighted by Crippen LogP contribution is 2.44. The first-order valence-corrected chi connectivity index (χ1v) is 9.81. The second-order valence-corrected chi connectivity index (χ2v) is 7.89. The second-order valence-electron chi connectivity index (χ2n) is 7.35. The van der Waals surface area contributed by atoms with Crippen LogP contribution in [0.15, 0.2) is 36.7 Å². The van der Waals surface area contributed by atoms with Crippen LogP contribution in [0.5, 0.6) is 5.75 Å². The Balaban J connectivity index is 0.00000128. The van der Waals surface area contributed by atoms with E-state index in [0.717, 1.165) is 39.7 Å². The number of aryl methyl sites for hydroxylation is 3. The molecule has 0 fully saturated rings. The maximum absolute atomic E-state index is 6.19. The normalized spacial score (nSPS) is 12.4. The topological polar surface area (TPSA) is 66.6 Å². The van der Waals surface area contributed by atoms with Crippen molar-refractivity contribution < 1.29 is 7.59 Å². The van der Waals surface area contributed by atoms with Gasteiger partial charge in [0.1, 0.15) is 23.7 Å². The molecule has 0 aliphatic carbocycles. The summed E-state index contributed by atoms with van der Waals surface area (Å²) in [6.07, 6.45) is 3.74. The minimum Gasteiger partial charge on any atom is -0.488 e. The van der Waals surface area contributed by atoms with Crippen LogP contribution in [0.2, 0.25) is 0 Å². The molecule has 0 saturated heterocycles. The van der Waals surface area contributed by atoms with Crippen molar-refractivity contribution in [3.8, 4) is 39.4 Å². The van der Waals surface area contributed by atoms with Gasteiger partial charge in [-0.1, -0.05) is 9.24 Å². The third-order valence-corrected chi connectivity index (χ3v) is 5.56. The molecule has 4 aromatic rings. The number of H-pyrrole nitrogens is 2. The summed E-state index contributed by atoms with van der Waals surface area (Å²) in [4.78, 5) is 15.2. The van der Waals surface area contributed by atoms with Crippen LogP contribution in [0.1, 0.15) is 25.4 Å². The highest BCUT2D eigenvalue weighted by Gasteiger charge is 2.23. The average Bonchev–Trinajstić information content (AvgIpc) is 3.29. The maximum atomic E-state index is 6.19. The van der Waals surface area contributed by atoms with Crippen molar-refractivity contribution in [2.75, 3.05) is 0 Å². The molecule has 1 unspecified atom stereocenters. The lowest BCUT2D eigenvalue weighted by Gasteiger charge is -2.25. The number of fused-ring (bicyclic) bond motifs is 3. The number of benzene rings is 2. The number of ether oxygens (including phenoxy) is 1. The summed E-state index contributed by atoms with van der Waals surface area (Å²) in [6.45, 7) is 6.83. The molecule has 1 atom stereocenters. The zero-order valence-corrected chi connectivity index (χ0v) is 17.2. The van der Waals surface area contributed by atoms with Gasteiger partial charge in [0.15, 0.2) is 0 Å². The lowest BCUT2D eigenvalue weighted by molar-refractivity contribution is 0.302. The second kappa shape index (κ2) is 6.32. The number of nitrogens with zero attached hydrogens (tertiary/aromatic N) is 2. The van der Waals surface area contributed by atoms with Crippen molar-refractivity contribution in [2.45, 2.75) is 27.4 Å². The molecule has 6 heteroatoms. The van der Waals surface area contributed by atoms with E-state index in [1.165, 1.54) is 27.8 Å². The molecule has 1 aliphatic heterocycles. The minimum atomic E-state index is 0. The van der Waals surface area contributed by atoms with E-state index in [0.29, 0.717) is 6.61 Å². The highest BCUT2D eigenvalue weighted by atomic mass is 31.0. The Morgan fingerprint density at radius 1 is 0.893 bits per heavy atom. The third-order valence-electron chi connectivity index (χ3n) is 5.27. The molecular weight excluding hydrogens is 367 g/mol. The first kappa shape index (κ1) is 17.2. The third kappa shape index (κ3) is 2.74. The Morgan fingerprint density at radius 3 is 2.25 bits per heavy atom. The summed E-state index contributed by atoms with van der Waals surface area (Å²) in [7, 11) is 2.60. The molecule has 5 nitrogen and oxygen atoms in total. The van der Waals surface area contributed by atoms with Crippen LogP contribution in [0.3, 0.4) is 0 Å². The van der Waals surface area contributed by atoms with E-state index < -0.39 is 0 Å². The Morgan fingerprint density at radius 2 is 1.57 bits per heavy atom. The first-order chi connectivity index (χ1) is 13.5. The first-order valence-electron chi connectivity index (χ1n) is 9.24. The quantitative estimate of drug-likeness (QED) is 0.475. The van der Waals surface area contributed by atoms with E-state index in [1.54, 1.807) is 0 Å². The zero-order valence-electron chi connectivity index (χ0n) is 16.1. The van der Waals surface area contributed by atoms with E-state index in [4.69, 9.17) is 4.74 Å². The van der Waals surface area contributed by atoms with E-state index in [2.05, 4.69) is 67.3 Å². The molecule has 2 aromatic heterocycles. The zero-order chi connectivity index (χ0) is 19.4. The molecule has 0 saturated carbocycles. The molecule has 3 heterocycles. The number of aromatic nitrogens is 4. The number of hydrogen-bond acceptors (Lipinski definition) is 3. The smallest absolute Gasteiger partial charge is 0.128 e. The number of rotatable bonds is 2. The van der Waals surface area contributed by atoms with Gasteiger partial charge in [0.2, 0.25) is 0 Å². The number of hydrogen-bond donors (Lipinski definition) is 2. The lowest BCUT2D eigenvalue weighted by atomic mass is 9.87. The monoisotopic (exact) mass is 392 g/mol. The van der Waals surface area contributed by atoms with Crippen molar-refractivity contribution in [2.24, 2.45) is 0 Å². The van der Waals surface area contributed by atoms with Gasteiger partial charge in [-0.15, -0.1) is 0 Å². The van der Waals surface area contributed by atoms with E-state index in [9.17, 15) is 0 Å². The standard InChI is InChI=1S/C22H21N4OP.2H2/c1-11-4-14(18-9-24-22(28)26-18)6-16-10-27-19-7-15(17-8-23-13(3)25-17)5-12(2)21(19)20(11)16;;/h4-9H,10,28H2,1-3H3,(H,23,25)(H,24,26);2*1H.